The molecule has 0 N–H and O–H groups in total. The number of fused-ring (bicyclic) bond motifs is 1. The normalized spacial score (nSPS) is 18.2. The topological polar surface area (TPSA) is 75.9 Å². The SMILES string of the molecule is Cc1ncc(N2CC3(CCN(c4ncc5cnn(CC(F)F)c5n4)C3)C2)c(C(F)(F)F)n1. The average molecular weight is 454 g/mol. The summed E-state index contributed by atoms with van der Waals surface area (Å²) in [4.78, 5) is 19.9. The molecule has 2 fully saturated rings. The van der Waals surface area contributed by atoms with Crippen molar-refractivity contribution in [2.45, 2.75) is 32.5 Å². The summed E-state index contributed by atoms with van der Waals surface area (Å²) < 4.78 is 67.0. The fourth-order valence-corrected chi connectivity index (χ4v) is 4.48. The van der Waals surface area contributed by atoms with Crippen LogP contribution < -0.4 is 9.80 Å². The summed E-state index contributed by atoms with van der Waals surface area (Å²) in [6.07, 6.45) is -2.14. The van der Waals surface area contributed by atoms with Gasteiger partial charge >= 0.3 is 6.18 Å². The number of aromatic nitrogens is 6. The van der Waals surface area contributed by atoms with Gasteiger partial charge in [-0.05, 0) is 13.3 Å². The maximum Gasteiger partial charge on any atom is 0.435 e. The van der Waals surface area contributed by atoms with E-state index < -0.39 is 24.8 Å². The van der Waals surface area contributed by atoms with E-state index in [1.54, 1.807) is 11.1 Å². The standard InChI is InChI=1S/C19H19F5N8/c1-11-25-6-13(15(28-11)19(22,23)24)31-9-18(10-31)2-3-30(8-18)17-26-4-12-5-27-32(7-14(20)21)16(12)29-17/h4-6,14H,2-3,7-10H2,1H3. The number of anilines is 2. The van der Waals surface area contributed by atoms with Gasteiger partial charge in [-0.1, -0.05) is 0 Å². The summed E-state index contributed by atoms with van der Waals surface area (Å²) in [6.45, 7) is 2.93. The molecule has 3 aromatic heterocycles. The van der Waals surface area contributed by atoms with Crippen LogP contribution in [0.3, 0.4) is 0 Å². The van der Waals surface area contributed by atoms with Gasteiger partial charge in [0.25, 0.3) is 6.43 Å². The third-order valence-electron chi connectivity index (χ3n) is 5.95. The Morgan fingerprint density at radius 1 is 1.03 bits per heavy atom. The monoisotopic (exact) mass is 454 g/mol. The molecule has 0 aliphatic carbocycles. The van der Waals surface area contributed by atoms with Crippen molar-refractivity contribution in [3.8, 4) is 0 Å². The Morgan fingerprint density at radius 3 is 2.50 bits per heavy atom. The van der Waals surface area contributed by atoms with Gasteiger partial charge in [-0.15, -0.1) is 0 Å². The quantitative estimate of drug-likeness (QED) is 0.561. The zero-order valence-corrected chi connectivity index (χ0v) is 17.0. The molecule has 32 heavy (non-hydrogen) atoms. The van der Waals surface area contributed by atoms with Crippen LogP contribution in [0.25, 0.3) is 11.0 Å². The number of aryl methyl sites for hydroxylation is 1. The van der Waals surface area contributed by atoms with Crippen molar-refractivity contribution in [2.24, 2.45) is 5.41 Å². The number of hydrogen-bond acceptors (Lipinski definition) is 7. The van der Waals surface area contributed by atoms with Gasteiger partial charge in [0, 0.05) is 37.8 Å². The number of hydrogen-bond donors (Lipinski definition) is 0. The van der Waals surface area contributed by atoms with E-state index in [9.17, 15) is 22.0 Å². The summed E-state index contributed by atoms with van der Waals surface area (Å²) in [5.74, 6) is 0.473. The van der Waals surface area contributed by atoms with Crippen molar-refractivity contribution in [3.05, 3.63) is 30.1 Å². The third kappa shape index (κ3) is 3.58. The first-order valence-electron chi connectivity index (χ1n) is 10.0. The maximum absolute atomic E-state index is 13.4. The third-order valence-corrected chi connectivity index (χ3v) is 5.95. The molecule has 2 aliphatic heterocycles. The van der Waals surface area contributed by atoms with Crippen molar-refractivity contribution < 1.29 is 22.0 Å². The lowest BCUT2D eigenvalue weighted by atomic mass is 9.78. The fourth-order valence-electron chi connectivity index (χ4n) is 4.48. The highest BCUT2D eigenvalue weighted by molar-refractivity contribution is 5.74. The minimum atomic E-state index is -4.56. The molecule has 0 aromatic carbocycles. The van der Waals surface area contributed by atoms with E-state index in [4.69, 9.17) is 0 Å². The second-order valence-electron chi connectivity index (χ2n) is 8.34. The first kappa shape index (κ1) is 20.8. The van der Waals surface area contributed by atoms with Gasteiger partial charge in [0.1, 0.15) is 12.4 Å². The molecular formula is C19H19F5N8. The largest absolute Gasteiger partial charge is 0.435 e. The van der Waals surface area contributed by atoms with Gasteiger partial charge in [-0.25, -0.2) is 28.4 Å². The Kier molecular flexibility index (Phi) is 4.67. The number of alkyl halides is 5. The zero-order chi connectivity index (χ0) is 22.7. The van der Waals surface area contributed by atoms with Gasteiger partial charge in [-0.3, -0.25) is 0 Å². The van der Waals surface area contributed by atoms with Gasteiger partial charge in [-0.2, -0.15) is 23.3 Å². The summed E-state index contributed by atoms with van der Waals surface area (Å²) in [6, 6.07) is 0. The molecule has 5 heterocycles. The molecule has 0 unspecified atom stereocenters. The number of halogens is 5. The van der Waals surface area contributed by atoms with E-state index in [0.717, 1.165) is 11.1 Å². The highest BCUT2D eigenvalue weighted by atomic mass is 19.4. The second-order valence-corrected chi connectivity index (χ2v) is 8.34. The molecule has 13 heteroatoms. The first-order valence-corrected chi connectivity index (χ1v) is 10.0. The molecule has 0 bridgehead atoms. The maximum atomic E-state index is 13.4. The number of nitrogens with zero attached hydrogens (tertiary/aromatic N) is 8. The molecule has 170 valence electrons. The highest BCUT2D eigenvalue weighted by Gasteiger charge is 2.50. The fraction of sp³-hybridized carbons (Fsp3) is 0.526. The Labute approximate surface area is 179 Å². The summed E-state index contributed by atoms with van der Waals surface area (Å²) in [7, 11) is 0. The van der Waals surface area contributed by atoms with Crippen LogP contribution in [0.2, 0.25) is 0 Å². The van der Waals surface area contributed by atoms with Crippen LogP contribution in [0, 0.1) is 12.3 Å². The summed E-state index contributed by atoms with van der Waals surface area (Å²) >= 11 is 0. The predicted octanol–water partition coefficient (Wildman–Crippen LogP) is 2.93. The molecule has 5 rings (SSSR count). The van der Waals surface area contributed by atoms with Crippen molar-refractivity contribution in [1.29, 1.82) is 0 Å². The van der Waals surface area contributed by atoms with Crippen molar-refractivity contribution in [1.82, 2.24) is 29.7 Å². The minimum Gasteiger partial charge on any atom is -0.367 e. The Bertz CT molecular complexity index is 1150. The van der Waals surface area contributed by atoms with Crippen molar-refractivity contribution >= 4 is 22.7 Å². The van der Waals surface area contributed by atoms with Gasteiger partial charge in [0.15, 0.2) is 11.3 Å². The summed E-state index contributed by atoms with van der Waals surface area (Å²) in [5.41, 5.74) is -0.801. The van der Waals surface area contributed by atoms with Gasteiger partial charge in [0.2, 0.25) is 5.95 Å². The zero-order valence-electron chi connectivity index (χ0n) is 17.0. The Morgan fingerprint density at radius 2 is 1.78 bits per heavy atom. The van der Waals surface area contributed by atoms with Crippen LogP contribution in [-0.4, -0.2) is 62.3 Å². The smallest absolute Gasteiger partial charge is 0.367 e. The Hall–Kier alpha value is -3.12. The molecule has 1 spiro atoms. The molecule has 2 aliphatic rings. The van der Waals surface area contributed by atoms with E-state index in [1.165, 1.54) is 19.3 Å². The highest BCUT2D eigenvalue weighted by Crippen LogP contribution is 2.45. The molecule has 0 amide bonds. The molecule has 8 nitrogen and oxygen atoms in total. The van der Waals surface area contributed by atoms with E-state index in [2.05, 4.69) is 25.0 Å². The molecule has 3 aromatic rings. The number of rotatable bonds is 4. The molecule has 0 saturated carbocycles. The predicted molar refractivity (Wildman–Crippen MR) is 105 cm³/mol. The lowest BCUT2D eigenvalue weighted by molar-refractivity contribution is -0.141. The van der Waals surface area contributed by atoms with Crippen LogP contribution in [-0.2, 0) is 12.7 Å². The second kappa shape index (κ2) is 7.20. The van der Waals surface area contributed by atoms with E-state index >= 15 is 0 Å². The summed E-state index contributed by atoms with van der Waals surface area (Å²) in [5, 5.41) is 4.51. The molecule has 0 atom stereocenters. The first-order chi connectivity index (χ1) is 15.1. The average Bonchev–Trinajstić information content (AvgIpc) is 3.31. The molecular weight excluding hydrogens is 435 g/mol. The Balaban J connectivity index is 1.32. The van der Waals surface area contributed by atoms with Crippen molar-refractivity contribution in [3.63, 3.8) is 0 Å². The lowest BCUT2D eigenvalue weighted by Gasteiger charge is -2.49. The minimum absolute atomic E-state index is 0.0132. The van der Waals surface area contributed by atoms with Crippen LogP contribution in [0.1, 0.15) is 17.9 Å². The molecule has 0 radical (unpaired) electrons. The van der Waals surface area contributed by atoms with Crippen LogP contribution in [0.5, 0.6) is 0 Å². The van der Waals surface area contributed by atoms with Crippen LogP contribution >= 0.6 is 0 Å². The lowest BCUT2D eigenvalue weighted by Crippen LogP contribution is -2.58. The molecule has 2 saturated heterocycles. The van der Waals surface area contributed by atoms with Gasteiger partial charge in [0.05, 0.1) is 23.5 Å². The van der Waals surface area contributed by atoms with Crippen LogP contribution in [0.15, 0.2) is 18.6 Å². The van der Waals surface area contributed by atoms with E-state index in [-0.39, 0.29) is 16.9 Å². The van der Waals surface area contributed by atoms with E-state index in [0.29, 0.717) is 43.2 Å². The van der Waals surface area contributed by atoms with Gasteiger partial charge < -0.3 is 9.80 Å². The van der Waals surface area contributed by atoms with Crippen LogP contribution in [0.4, 0.5) is 33.6 Å². The van der Waals surface area contributed by atoms with E-state index in [1.807, 2.05) is 4.90 Å². The van der Waals surface area contributed by atoms with Crippen molar-refractivity contribution in [2.75, 3.05) is 36.0 Å².